The molecule has 0 amide bonds. The summed E-state index contributed by atoms with van der Waals surface area (Å²) in [6, 6.07) is 20.8. The van der Waals surface area contributed by atoms with Crippen LogP contribution in [0.4, 0.5) is 5.69 Å². The number of para-hydroxylation sites is 2. The lowest BCUT2D eigenvalue weighted by Gasteiger charge is -2.30. The zero-order valence-electron chi connectivity index (χ0n) is 19.1. The summed E-state index contributed by atoms with van der Waals surface area (Å²) in [4.78, 5) is 16.1. The SMILES string of the molecule is O=C(O)C[C@@H]1COc2cc(NCc3cccc4c3C3CCO[C@H]3c3nc5ccccc5n3-4)ccc21. The number of carboxylic acids is 1. The molecular weight excluding hydrogens is 442 g/mol. The summed E-state index contributed by atoms with van der Waals surface area (Å²) in [7, 11) is 0. The Bertz CT molecular complexity index is 1480. The molecule has 4 aromatic rings. The molecule has 35 heavy (non-hydrogen) atoms. The molecule has 1 saturated heterocycles. The van der Waals surface area contributed by atoms with Crippen LogP contribution in [-0.2, 0) is 16.1 Å². The zero-order chi connectivity index (χ0) is 23.5. The number of hydrogen-bond acceptors (Lipinski definition) is 5. The van der Waals surface area contributed by atoms with Gasteiger partial charge in [-0.25, -0.2) is 4.98 Å². The molecular formula is C28H25N3O4. The minimum atomic E-state index is -0.800. The predicted molar refractivity (Wildman–Crippen MR) is 131 cm³/mol. The van der Waals surface area contributed by atoms with Gasteiger partial charge in [-0.2, -0.15) is 0 Å². The van der Waals surface area contributed by atoms with E-state index in [2.05, 4.69) is 46.3 Å². The standard InChI is InChI=1S/C28H25N3O4/c32-25(33)12-17-15-35-24-13-18(8-9-19(17)24)29-14-16-4-3-7-23-26(16)20-10-11-34-27(20)28-30-21-5-1-2-6-22(21)31(23)28/h1-9,13,17,20,27,29H,10-12,14-15H2,(H,32,33)/t17-,20?,27-/m1/s1. The molecule has 7 nitrogen and oxygen atoms in total. The average molecular weight is 468 g/mol. The van der Waals surface area contributed by atoms with Gasteiger partial charge in [-0.1, -0.05) is 30.3 Å². The minimum absolute atomic E-state index is 0.0318. The molecule has 176 valence electrons. The van der Waals surface area contributed by atoms with E-state index in [1.54, 1.807) is 0 Å². The second-order valence-electron chi connectivity index (χ2n) is 9.54. The monoisotopic (exact) mass is 467 g/mol. The van der Waals surface area contributed by atoms with Crippen molar-refractivity contribution in [2.45, 2.75) is 37.3 Å². The molecule has 0 aliphatic carbocycles. The Balaban J connectivity index is 1.23. The highest BCUT2D eigenvalue weighted by molar-refractivity contribution is 5.80. The molecule has 0 spiro atoms. The summed E-state index contributed by atoms with van der Waals surface area (Å²) in [5.41, 5.74) is 7.80. The first-order valence-corrected chi connectivity index (χ1v) is 12.1. The maximum absolute atomic E-state index is 11.1. The van der Waals surface area contributed by atoms with Crippen LogP contribution in [0.2, 0.25) is 0 Å². The van der Waals surface area contributed by atoms with Crippen LogP contribution in [0.5, 0.6) is 5.75 Å². The van der Waals surface area contributed by atoms with E-state index < -0.39 is 5.97 Å². The summed E-state index contributed by atoms with van der Waals surface area (Å²) < 4.78 is 14.3. The number of benzene rings is 3. The molecule has 0 saturated carbocycles. The van der Waals surface area contributed by atoms with Crippen molar-refractivity contribution >= 4 is 22.7 Å². The normalized spacial score (nSPS) is 21.7. The molecule has 3 aliphatic heterocycles. The van der Waals surface area contributed by atoms with Gasteiger partial charge in [0.25, 0.3) is 0 Å². The molecule has 4 heterocycles. The fraction of sp³-hybridized carbons (Fsp3) is 0.286. The number of imidazole rings is 1. The molecule has 2 N–H and O–H groups in total. The molecule has 0 radical (unpaired) electrons. The van der Waals surface area contributed by atoms with E-state index in [9.17, 15) is 4.79 Å². The van der Waals surface area contributed by atoms with Gasteiger partial charge in [0.2, 0.25) is 0 Å². The van der Waals surface area contributed by atoms with Crippen LogP contribution >= 0.6 is 0 Å². The summed E-state index contributed by atoms with van der Waals surface area (Å²) in [5.74, 6) is 1.17. The number of carboxylic acid groups (broad SMARTS) is 1. The number of nitrogens with one attached hydrogen (secondary N) is 1. The van der Waals surface area contributed by atoms with Crippen LogP contribution in [-0.4, -0.2) is 33.8 Å². The first-order chi connectivity index (χ1) is 17.2. The topological polar surface area (TPSA) is 85.6 Å². The van der Waals surface area contributed by atoms with Crippen LogP contribution in [0, 0.1) is 0 Å². The van der Waals surface area contributed by atoms with Crippen LogP contribution in [0.3, 0.4) is 0 Å². The average Bonchev–Trinajstić information content (AvgIpc) is 3.59. The second kappa shape index (κ2) is 7.85. The van der Waals surface area contributed by atoms with Crippen molar-refractivity contribution in [2.24, 2.45) is 0 Å². The highest BCUT2D eigenvalue weighted by Crippen LogP contribution is 2.50. The van der Waals surface area contributed by atoms with E-state index in [0.29, 0.717) is 13.2 Å². The Morgan fingerprint density at radius 3 is 2.97 bits per heavy atom. The quantitative estimate of drug-likeness (QED) is 0.422. The van der Waals surface area contributed by atoms with E-state index in [1.807, 2.05) is 24.3 Å². The maximum atomic E-state index is 11.1. The van der Waals surface area contributed by atoms with Gasteiger partial charge in [-0.3, -0.25) is 9.36 Å². The fourth-order valence-electron chi connectivity index (χ4n) is 5.97. The van der Waals surface area contributed by atoms with Crippen LogP contribution in [0.1, 0.15) is 53.3 Å². The second-order valence-corrected chi connectivity index (χ2v) is 9.54. The number of ether oxygens (including phenoxy) is 2. The van der Waals surface area contributed by atoms with Gasteiger partial charge in [0.1, 0.15) is 17.7 Å². The first kappa shape index (κ1) is 20.5. The number of fused-ring (bicyclic) bond motifs is 9. The highest BCUT2D eigenvalue weighted by Gasteiger charge is 2.41. The summed E-state index contributed by atoms with van der Waals surface area (Å²) in [5, 5.41) is 12.7. The van der Waals surface area contributed by atoms with Gasteiger partial charge in [-0.05, 0) is 41.8 Å². The van der Waals surface area contributed by atoms with Gasteiger partial charge in [0.05, 0.1) is 29.7 Å². The lowest BCUT2D eigenvalue weighted by atomic mass is 9.84. The number of rotatable bonds is 5. The van der Waals surface area contributed by atoms with E-state index >= 15 is 0 Å². The van der Waals surface area contributed by atoms with Gasteiger partial charge < -0.3 is 19.9 Å². The molecule has 3 atom stereocenters. The molecule has 1 aromatic heterocycles. The Morgan fingerprint density at radius 2 is 2.06 bits per heavy atom. The van der Waals surface area contributed by atoms with Gasteiger partial charge >= 0.3 is 5.97 Å². The fourth-order valence-corrected chi connectivity index (χ4v) is 5.97. The Labute approximate surface area is 202 Å². The number of nitrogens with zero attached hydrogens (tertiary/aromatic N) is 2. The molecule has 1 unspecified atom stereocenters. The molecule has 3 aliphatic rings. The van der Waals surface area contributed by atoms with Crippen molar-refractivity contribution in [1.29, 1.82) is 0 Å². The molecule has 7 heteroatoms. The van der Waals surface area contributed by atoms with E-state index in [1.165, 1.54) is 16.8 Å². The van der Waals surface area contributed by atoms with Crippen LogP contribution in [0.15, 0.2) is 60.7 Å². The first-order valence-electron chi connectivity index (χ1n) is 12.1. The largest absolute Gasteiger partial charge is 0.493 e. The Morgan fingerprint density at radius 1 is 1.14 bits per heavy atom. The van der Waals surface area contributed by atoms with Gasteiger partial charge in [-0.15, -0.1) is 0 Å². The summed E-state index contributed by atoms with van der Waals surface area (Å²) in [6.45, 7) is 1.83. The Hall–Kier alpha value is -3.84. The number of aliphatic carboxylic acids is 1. The lowest BCUT2D eigenvalue weighted by Crippen LogP contribution is -2.22. The van der Waals surface area contributed by atoms with Crippen molar-refractivity contribution in [1.82, 2.24) is 9.55 Å². The van der Waals surface area contributed by atoms with Gasteiger partial charge in [0.15, 0.2) is 0 Å². The number of hydrogen-bond donors (Lipinski definition) is 2. The zero-order valence-corrected chi connectivity index (χ0v) is 19.1. The minimum Gasteiger partial charge on any atom is -0.493 e. The van der Waals surface area contributed by atoms with E-state index in [0.717, 1.165) is 46.9 Å². The molecule has 0 bridgehead atoms. The lowest BCUT2D eigenvalue weighted by molar-refractivity contribution is -0.137. The third-order valence-electron chi connectivity index (χ3n) is 7.52. The number of aromatic nitrogens is 2. The molecule has 1 fully saturated rings. The van der Waals surface area contributed by atoms with Crippen molar-refractivity contribution in [2.75, 3.05) is 18.5 Å². The van der Waals surface area contributed by atoms with Crippen molar-refractivity contribution in [3.05, 3.63) is 83.2 Å². The smallest absolute Gasteiger partial charge is 0.304 e. The number of carbonyl (C=O) groups is 1. The third-order valence-corrected chi connectivity index (χ3v) is 7.52. The summed E-state index contributed by atoms with van der Waals surface area (Å²) >= 11 is 0. The highest BCUT2D eigenvalue weighted by atomic mass is 16.5. The van der Waals surface area contributed by atoms with E-state index in [-0.39, 0.29) is 24.4 Å². The summed E-state index contributed by atoms with van der Waals surface area (Å²) in [6.07, 6.45) is 1.04. The van der Waals surface area contributed by atoms with Crippen molar-refractivity contribution in [3.8, 4) is 11.4 Å². The van der Waals surface area contributed by atoms with Crippen LogP contribution < -0.4 is 10.1 Å². The van der Waals surface area contributed by atoms with Gasteiger partial charge in [0, 0.05) is 42.3 Å². The Kier molecular flexibility index (Phi) is 4.60. The predicted octanol–water partition coefficient (Wildman–Crippen LogP) is 5.15. The van der Waals surface area contributed by atoms with Crippen molar-refractivity contribution in [3.63, 3.8) is 0 Å². The molecule has 7 rings (SSSR count). The van der Waals surface area contributed by atoms with Crippen molar-refractivity contribution < 1.29 is 19.4 Å². The van der Waals surface area contributed by atoms with Crippen LogP contribution in [0.25, 0.3) is 16.7 Å². The maximum Gasteiger partial charge on any atom is 0.304 e. The van der Waals surface area contributed by atoms with E-state index in [4.69, 9.17) is 19.6 Å². The molecule has 3 aromatic carbocycles. The number of anilines is 1. The third kappa shape index (κ3) is 3.22.